The van der Waals surface area contributed by atoms with E-state index in [1.165, 1.54) is 23.9 Å². The number of aromatic nitrogens is 3. The molecule has 3 rings (SSSR count). The Bertz CT molecular complexity index is 1030. The van der Waals surface area contributed by atoms with Gasteiger partial charge in [-0.15, -0.1) is 10.2 Å². The summed E-state index contributed by atoms with van der Waals surface area (Å²) in [5, 5.41) is 11.1. The molecule has 0 aliphatic carbocycles. The Balaban J connectivity index is 1.70. The fourth-order valence-electron chi connectivity index (χ4n) is 2.81. The summed E-state index contributed by atoms with van der Waals surface area (Å²) >= 11 is 1.23. The van der Waals surface area contributed by atoms with Crippen LogP contribution in [0.15, 0.2) is 53.7 Å². The van der Waals surface area contributed by atoms with E-state index < -0.39 is 17.0 Å². The summed E-state index contributed by atoms with van der Waals surface area (Å²) in [5.74, 6) is 1.05. The number of hydrogen-bond acceptors (Lipinski definition) is 5. The maximum Gasteiger partial charge on any atom is 0.416 e. The van der Waals surface area contributed by atoms with Crippen LogP contribution in [0.4, 0.5) is 18.9 Å². The zero-order valence-electron chi connectivity index (χ0n) is 17.1. The van der Waals surface area contributed by atoms with Crippen LogP contribution in [0, 0.1) is 0 Å². The fraction of sp³-hybridized carbons (Fsp3) is 0.286. The fourth-order valence-corrected chi connectivity index (χ4v) is 3.73. The van der Waals surface area contributed by atoms with Gasteiger partial charge in [-0.1, -0.05) is 11.8 Å². The lowest BCUT2D eigenvalue weighted by atomic mass is 10.2. The predicted octanol–water partition coefficient (Wildman–Crippen LogP) is 5.11. The Hall–Kier alpha value is -3.01. The number of anilines is 1. The van der Waals surface area contributed by atoms with Gasteiger partial charge >= 0.3 is 6.18 Å². The molecule has 0 bridgehead atoms. The van der Waals surface area contributed by atoms with E-state index in [2.05, 4.69) is 15.5 Å². The molecule has 1 aromatic heterocycles. The molecule has 1 N–H and O–H groups in total. The van der Waals surface area contributed by atoms with Crippen molar-refractivity contribution in [1.29, 1.82) is 0 Å². The number of alkyl halides is 3. The normalized spacial score (nSPS) is 12.5. The highest BCUT2D eigenvalue weighted by molar-refractivity contribution is 8.00. The van der Waals surface area contributed by atoms with Gasteiger partial charge in [0.25, 0.3) is 0 Å². The van der Waals surface area contributed by atoms with Crippen LogP contribution in [0.2, 0.25) is 0 Å². The number of carbonyl (C=O) groups excluding carboxylic acids is 1. The molecule has 1 heterocycles. The van der Waals surface area contributed by atoms with Crippen LogP contribution in [-0.2, 0) is 17.5 Å². The molecule has 3 aromatic rings. The summed E-state index contributed by atoms with van der Waals surface area (Å²) in [6.07, 6.45) is -4.42. The van der Waals surface area contributed by atoms with Crippen molar-refractivity contribution in [3.05, 3.63) is 54.1 Å². The second-order valence-corrected chi connectivity index (χ2v) is 7.91. The number of hydrogen-bond donors (Lipinski definition) is 1. The molecule has 1 amide bonds. The molecule has 0 saturated heterocycles. The Kier molecular flexibility index (Phi) is 6.89. The number of ether oxygens (including phenoxy) is 1. The monoisotopic (exact) mass is 450 g/mol. The zero-order valence-corrected chi connectivity index (χ0v) is 17.9. The average Bonchev–Trinajstić information content (AvgIpc) is 3.15. The van der Waals surface area contributed by atoms with E-state index in [4.69, 9.17) is 4.74 Å². The van der Waals surface area contributed by atoms with Crippen LogP contribution in [0.5, 0.6) is 5.75 Å². The Morgan fingerprint density at radius 2 is 1.77 bits per heavy atom. The van der Waals surface area contributed by atoms with E-state index in [0.29, 0.717) is 23.2 Å². The highest BCUT2D eigenvalue weighted by atomic mass is 32.2. The highest BCUT2D eigenvalue weighted by Crippen LogP contribution is 2.31. The van der Waals surface area contributed by atoms with Crippen molar-refractivity contribution in [2.75, 3.05) is 12.4 Å². The van der Waals surface area contributed by atoms with Gasteiger partial charge < -0.3 is 14.6 Å². The van der Waals surface area contributed by atoms with Gasteiger partial charge in [-0.3, -0.25) is 4.79 Å². The molecule has 0 fully saturated rings. The quantitative estimate of drug-likeness (QED) is 0.507. The Morgan fingerprint density at radius 3 is 2.32 bits per heavy atom. The summed E-state index contributed by atoms with van der Waals surface area (Å²) in [6.45, 7) is 4.25. The SMILES string of the molecule is CCn1c(SC(C)C(=O)Nc2ccc(C(F)(F)F)cc2)nnc1-c1ccc(OC)cc1. The summed E-state index contributed by atoms with van der Waals surface area (Å²) < 4.78 is 45.1. The summed E-state index contributed by atoms with van der Waals surface area (Å²) in [7, 11) is 1.59. The molecule has 164 valence electrons. The average molecular weight is 450 g/mol. The van der Waals surface area contributed by atoms with Crippen molar-refractivity contribution >= 4 is 23.4 Å². The van der Waals surface area contributed by atoms with Crippen molar-refractivity contribution in [1.82, 2.24) is 14.8 Å². The summed E-state index contributed by atoms with van der Waals surface area (Å²) in [4.78, 5) is 12.5. The van der Waals surface area contributed by atoms with E-state index in [1.54, 1.807) is 14.0 Å². The van der Waals surface area contributed by atoms with E-state index >= 15 is 0 Å². The van der Waals surface area contributed by atoms with Crippen molar-refractivity contribution in [2.24, 2.45) is 0 Å². The van der Waals surface area contributed by atoms with Gasteiger partial charge in [0.05, 0.1) is 17.9 Å². The number of nitrogens with zero attached hydrogens (tertiary/aromatic N) is 3. The van der Waals surface area contributed by atoms with Crippen LogP contribution in [0.1, 0.15) is 19.4 Å². The lowest BCUT2D eigenvalue weighted by molar-refractivity contribution is -0.137. The van der Waals surface area contributed by atoms with Crippen molar-refractivity contribution in [3.8, 4) is 17.1 Å². The maximum atomic E-state index is 12.7. The van der Waals surface area contributed by atoms with Crippen LogP contribution >= 0.6 is 11.8 Å². The Morgan fingerprint density at radius 1 is 1.13 bits per heavy atom. The number of methoxy groups -OCH3 is 1. The molecule has 1 unspecified atom stereocenters. The first kappa shape index (κ1) is 22.7. The van der Waals surface area contributed by atoms with Gasteiger partial charge in [0.1, 0.15) is 5.75 Å². The number of nitrogens with one attached hydrogen (secondary N) is 1. The Labute approximate surface area is 181 Å². The molecule has 2 aromatic carbocycles. The van der Waals surface area contributed by atoms with Crippen molar-refractivity contribution < 1.29 is 22.7 Å². The minimum atomic E-state index is -4.42. The first-order chi connectivity index (χ1) is 14.7. The standard InChI is InChI=1S/C21H21F3N4O2S/c1-4-28-18(14-5-11-17(30-3)12-6-14)26-27-20(28)31-13(2)19(29)25-16-9-7-15(8-10-16)21(22,23)24/h5-13H,4H2,1-3H3,(H,25,29). The summed E-state index contributed by atoms with van der Waals surface area (Å²) in [5.41, 5.74) is 0.389. The highest BCUT2D eigenvalue weighted by Gasteiger charge is 2.30. The minimum Gasteiger partial charge on any atom is -0.497 e. The number of benzene rings is 2. The lowest BCUT2D eigenvalue weighted by Crippen LogP contribution is -2.23. The lowest BCUT2D eigenvalue weighted by Gasteiger charge is -2.13. The third kappa shape index (κ3) is 5.38. The number of halogens is 3. The topological polar surface area (TPSA) is 69.0 Å². The smallest absolute Gasteiger partial charge is 0.416 e. The molecule has 1 atom stereocenters. The van der Waals surface area contributed by atoms with Crippen LogP contribution in [0.3, 0.4) is 0 Å². The summed E-state index contributed by atoms with van der Waals surface area (Å²) in [6, 6.07) is 11.7. The van der Waals surface area contributed by atoms with Gasteiger partial charge in [-0.25, -0.2) is 0 Å². The number of thioether (sulfide) groups is 1. The van der Waals surface area contributed by atoms with Crippen molar-refractivity contribution in [3.63, 3.8) is 0 Å². The first-order valence-corrected chi connectivity index (χ1v) is 10.3. The second kappa shape index (κ2) is 9.42. The van der Waals surface area contributed by atoms with E-state index in [0.717, 1.165) is 23.4 Å². The number of amides is 1. The predicted molar refractivity (Wildman–Crippen MR) is 113 cm³/mol. The van der Waals surface area contributed by atoms with Gasteiger partial charge in [0, 0.05) is 17.8 Å². The molecule has 0 radical (unpaired) electrons. The van der Waals surface area contributed by atoms with Crippen LogP contribution in [0.25, 0.3) is 11.4 Å². The molecule has 0 saturated carbocycles. The zero-order chi connectivity index (χ0) is 22.6. The molecule has 10 heteroatoms. The molecular weight excluding hydrogens is 429 g/mol. The third-order valence-corrected chi connectivity index (χ3v) is 5.59. The molecular formula is C21H21F3N4O2S. The van der Waals surface area contributed by atoms with E-state index in [9.17, 15) is 18.0 Å². The van der Waals surface area contributed by atoms with Crippen molar-refractivity contribution in [2.45, 2.75) is 37.0 Å². The van der Waals surface area contributed by atoms with E-state index in [1.807, 2.05) is 35.8 Å². The number of carbonyl (C=O) groups is 1. The van der Waals surface area contributed by atoms with Crippen LogP contribution in [-0.4, -0.2) is 33.0 Å². The van der Waals surface area contributed by atoms with Crippen LogP contribution < -0.4 is 10.1 Å². The largest absolute Gasteiger partial charge is 0.497 e. The van der Waals surface area contributed by atoms with E-state index in [-0.39, 0.29) is 5.91 Å². The van der Waals surface area contributed by atoms with Gasteiger partial charge in [0.15, 0.2) is 11.0 Å². The molecule has 6 nitrogen and oxygen atoms in total. The van der Waals surface area contributed by atoms with Gasteiger partial charge in [-0.2, -0.15) is 13.2 Å². The minimum absolute atomic E-state index is 0.293. The first-order valence-electron chi connectivity index (χ1n) is 9.45. The molecule has 0 aliphatic heterocycles. The molecule has 0 aliphatic rings. The maximum absolute atomic E-state index is 12.7. The molecule has 31 heavy (non-hydrogen) atoms. The molecule has 0 spiro atoms. The van der Waals surface area contributed by atoms with Gasteiger partial charge in [-0.05, 0) is 62.4 Å². The third-order valence-electron chi connectivity index (χ3n) is 4.51. The number of rotatable bonds is 7. The second-order valence-electron chi connectivity index (χ2n) is 6.60. The van der Waals surface area contributed by atoms with Gasteiger partial charge in [0.2, 0.25) is 5.91 Å².